The van der Waals surface area contributed by atoms with Crippen molar-refractivity contribution in [2.45, 2.75) is 52.1 Å². The second-order valence-corrected chi connectivity index (χ2v) is 6.38. The van der Waals surface area contributed by atoms with Gasteiger partial charge in [-0.2, -0.15) is 0 Å². The Hall–Kier alpha value is -1.52. The van der Waals surface area contributed by atoms with E-state index in [2.05, 4.69) is 34.5 Å². The van der Waals surface area contributed by atoms with Crippen LogP contribution in [0.5, 0.6) is 0 Å². The predicted molar refractivity (Wildman–Crippen MR) is 87.1 cm³/mol. The first-order valence-corrected chi connectivity index (χ1v) is 8.03. The smallest absolute Gasteiger partial charge is 0.191 e. The minimum Gasteiger partial charge on any atom is -0.354 e. The summed E-state index contributed by atoms with van der Waals surface area (Å²) >= 11 is 0. The Balaban J connectivity index is 1.77. The summed E-state index contributed by atoms with van der Waals surface area (Å²) in [7, 11) is 3.83. The minimum atomic E-state index is 0.549. The van der Waals surface area contributed by atoms with E-state index in [1.165, 1.54) is 25.7 Å². The number of aliphatic imine (C=N–C) groups is 1. The lowest BCUT2D eigenvalue weighted by Crippen LogP contribution is -2.45. The highest BCUT2D eigenvalue weighted by Crippen LogP contribution is 2.29. The van der Waals surface area contributed by atoms with Crippen molar-refractivity contribution in [3.05, 3.63) is 18.2 Å². The van der Waals surface area contributed by atoms with E-state index in [0.29, 0.717) is 12.6 Å². The molecular formula is C16H29N5. The van der Waals surface area contributed by atoms with Crippen LogP contribution in [0.4, 0.5) is 0 Å². The fourth-order valence-electron chi connectivity index (χ4n) is 3.05. The Morgan fingerprint density at radius 2 is 2.10 bits per heavy atom. The Bertz CT molecular complexity index is 455. The first-order valence-electron chi connectivity index (χ1n) is 8.03. The zero-order valence-corrected chi connectivity index (χ0v) is 13.8. The third-order valence-corrected chi connectivity index (χ3v) is 4.61. The van der Waals surface area contributed by atoms with Gasteiger partial charge in [0.05, 0.1) is 6.54 Å². The highest BCUT2D eigenvalue weighted by molar-refractivity contribution is 5.79. The van der Waals surface area contributed by atoms with E-state index in [9.17, 15) is 0 Å². The first-order chi connectivity index (χ1) is 10.1. The lowest BCUT2D eigenvalue weighted by Gasteiger charge is -2.32. The fraction of sp³-hybridized carbons (Fsp3) is 0.750. The molecule has 1 saturated carbocycles. The van der Waals surface area contributed by atoms with Crippen LogP contribution in [0.15, 0.2) is 17.4 Å². The molecule has 5 nitrogen and oxygen atoms in total. The molecule has 1 aliphatic rings. The molecule has 1 fully saturated rings. The Morgan fingerprint density at radius 3 is 2.62 bits per heavy atom. The van der Waals surface area contributed by atoms with Crippen LogP contribution in [0, 0.1) is 11.8 Å². The van der Waals surface area contributed by atoms with Crippen LogP contribution in [0.3, 0.4) is 0 Å². The number of aromatic nitrogens is 2. The molecule has 21 heavy (non-hydrogen) atoms. The summed E-state index contributed by atoms with van der Waals surface area (Å²) in [6.45, 7) is 5.38. The van der Waals surface area contributed by atoms with Gasteiger partial charge in [-0.1, -0.05) is 13.8 Å². The zero-order chi connectivity index (χ0) is 15.2. The monoisotopic (exact) mass is 291 g/mol. The van der Waals surface area contributed by atoms with E-state index >= 15 is 0 Å². The van der Waals surface area contributed by atoms with Crippen molar-refractivity contribution in [3.8, 4) is 0 Å². The number of imidazole rings is 1. The van der Waals surface area contributed by atoms with Gasteiger partial charge in [0, 0.05) is 32.5 Å². The van der Waals surface area contributed by atoms with E-state index in [1.54, 1.807) is 0 Å². The maximum absolute atomic E-state index is 4.32. The van der Waals surface area contributed by atoms with Gasteiger partial charge in [-0.3, -0.25) is 4.99 Å². The second kappa shape index (κ2) is 7.48. The number of nitrogens with zero attached hydrogens (tertiary/aromatic N) is 3. The Kier molecular flexibility index (Phi) is 5.65. The first kappa shape index (κ1) is 15.9. The van der Waals surface area contributed by atoms with Gasteiger partial charge in [-0.05, 0) is 37.5 Å². The predicted octanol–water partition coefficient (Wildman–Crippen LogP) is 2.30. The largest absolute Gasteiger partial charge is 0.354 e. The van der Waals surface area contributed by atoms with Gasteiger partial charge < -0.3 is 15.2 Å². The standard InChI is InChI=1S/C16H29N5/c1-12(2)13-5-7-14(8-6-13)20-16(17-3)19-11-15-18-9-10-21(15)4/h9-10,12-14H,5-8,11H2,1-4H3,(H2,17,19,20). The molecular weight excluding hydrogens is 262 g/mol. The molecule has 2 rings (SSSR count). The Labute approximate surface area is 128 Å². The van der Waals surface area contributed by atoms with Crippen molar-refractivity contribution in [2.75, 3.05) is 7.05 Å². The van der Waals surface area contributed by atoms with Gasteiger partial charge in [-0.25, -0.2) is 4.98 Å². The molecule has 0 bridgehead atoms. The molecule has 118 valence electrons. The van der Waals surface area contributed by atoms with Crippen LogP contribution < -0.4 is 10.6 Å². The number of hydrogen-bond donors (Lipinski definition) is 2. The van der Waals surface area contributed by atoms with Crippen LogP contribution in [0.1, 0.15) is 45.4 Å². The summed E-state index contributed by atoms with van der Waals surface area (Å²) < 4.78 is 2.02. The van der Waals surface area contributed by atoms with E-state index in [4.69, 9.17) is 0 Å². The number of aryl methyl sites for hydroxylation is 1. The molecule has 0 unspecified atom stereocenters. The maximum Gasteiger partial charge on any atom is 0.191 e. The quantitative estimate of drug-likeness (QED) is 0.661. The molecule has 1 aromatic heterocycles. The van der Waals surface area contributed by atoms with E-state index in [0.717, 1.165) is 23.6 Å². The fourth-order valence-corrected chi connectivity index (χ4v) is 3.05. The molecule has 1 aliphatic carbocycles. The van der Waals surface area contributed by atoms with Crippen molar-refractivity contribution in [1.82, 2.24) is 20.2 Å². The van der Waals surface area contributed by atoms with Crippen molar-refractivity contribution < 1.29 is 0 Å². The van der Waals surface area contributed by atoms with Crippen molar-refractivity contribution in [3.63, 3.8) is 0 Å². The van der Waals surface area contributed by atoms with E-state index in [-0.39, 0.29) is 0 Å². The molecule has 0 radical (unpaired) electrons. The topological polar surface area (TPSA) is 54.2 Å². The van der Waals surface area contributed by atoms with Gasteiger partial charge in [0.1, 0.15) is 5.82 Å². The molecule has 0 saturated heterocycles. The maximum atomic E-state index is 4.32. The summed E-state index contributed by atoms with van der Waals surface area (Å²) in [4.78, 5) is 8.64. The van der Waals surface area contributed by atoms with Gasteiger partial charge in [0.25, 0.3) is 0 Å². The number of hydrogen-bond acceptors (Lipinski definition) is 2. The lowest BCUT2D eigenvalue weighted by molar-refractivity contribution is 0.250. The normalized spacial score (nSPS) is 23.4. The van der Waals surface area contributed by atoms with Gasteiger partial charge in [-0.15, -0.1) is 0 Å². The van der Waals surface area contributed by atoms with E-state index in [1.807, 2.05) is 31.1 Å². The van der Waals surface area contributed by atoms with Gasteiger partial charge in [0.2, 0.25) is 0 Å². The lowest BCUT2D eigenvalue weighted by atomic mass is 9.80. The van der Waals surface area contributed by atoms with Crippen LogP contribution in [-0.4, -0.2) is 28.6 Å². The van der Waals surface area contributed by atoms with Crippen LogP contribution >= 0.6 is 0 Å². The average Bonchev–Trinajstić information content (AvgIpc) is 2.89. The molecule has 0 aliphatic heterocycles. The molecule has 1 heterocycles. The zero-order valence-electron chi connectivity index (χ0n) is 13.8. The van der Waals surface area contributed by atoms with Gasteiger partial charge >= 0.3 is 0 Å². The van der Waals surface area contributed by atoms with Crippen molar-refractivity contribution >= 4 is 5.96 Å². The third-order valence-electron chi connectivity index (χ3n) is 4.61. The summed E-state index contributed by atoms with van der Waals surface area (Å²) in [5.41, 5.74) is 0. The average molecular weight is 291 g/mol. The molecule has 1 aromatic rings. The molecule has 0 aromatic carbocycles. The summed E-state index contributed by atoms with van der Waals surface area (Å²) in [6, 6.07) is 0.549. The third kappa shape index (κ3) is 4.48. The number of rotatable bonds is 4. The minimum absolute atomic E-state index is 0.549. The molecule has 2 N–H and O–H groups in total. The van der Waals surface area contributed by atoms with Crippen LogP contribution in [0.25, 0.3) is 0 Å². The Morgan fingerprint density at radius 1 is 1.38 bits per heavy atom. The summed E-state index contributed by atoms with van der Waals surface area (Å²) in [5, 5.41) is 6.90. The van der Waals surface area contributed by atoms with Crippen molar-refractivity contribution in [2.24, 2.45) is 23.9 Å². The molecule has 0 spiro atoms. The van der Waals surface area contributed by atoms with Gasteiger partial charge in [0.15, 0.2) is 5.96 Å². The van der Waals surface area contributed by atoms with Crippen molar-refractivity contribution in [1.29, 1.82) is 0 Å². The summed E-state index contributed by atoms with van der Waals surface area (Å²) in [6.07, 6.45) is 8.91. The second-order valence-electron chi connectivity index (χ2n) is 6.38. The highest BCUT2D eigenvalue weighted by atomic mass is 15.2. The number of guanidine groups is 1. The van der Waals surface area contributed by atoms with Crippen LogP contribution in [0.2, 0.25) is 0 Å². The molecule has 0 amide bonds. The van der Waals surface area contributed by atoms with Crippen LogP contribution in [-0.2, 0) is 13.6 Å². The summed E-state index contributed by atoms with van der Waals surface area (Å²) in [5.74, 6) is 3.60. The van der Waals surface area contributed by atoms with E-state index < -0.39 is 0 Å². The SMILES string of the molecule is CN=C(NCc1nccn1C)NC1CCC(C(C)C)CC1. The highest BCUT2D eigenvalue weighted by Gasteiger charge is 2.23. The number of nitrogens with one attached hydrogen (secondary N) is 2. The molecule has 0 atom stereocenters. The molecule has 5 heteroatoms.